The van der Waals surface area contributed by atoms with Crippen molar-refractivity contribution in [3.63, 3.8) is 0 Å². The molecule has 0 bridgehead atoms. The van der Waals surface area contributed by atoms with Gasteiger partial charge in [0.1, 0.15) is 0 Å². The van der Waals surface area contributed by atoms with Crippen LogP contribution in [0.25, 0.3) is 0 Å². The van der Waals surface area contributed by atoms with Crippen LogP contribution in [0.15, 0.2) is 0 Å². The van der Waals surface area contributed by atoms with E-state index < -0.39 is 0 Å². The monoisotopic (exact) mass is 196 g/mol. The molecule has 0 heteroatoms. The van der Waals surface area contributed by atoms with Crippen LogP contribution >= 0.6 is 0 Å². The van der Waals surface area contributed by atoms with Crippen LogP contribution < -0.4 is 0 Å². The Morgan fingerprint density at radius 2 is 1.79 bits per heavy atom. The van der Waals surface area contributed by atoms with Crippen LogP contribution in [0.3, 0.4) is 0 Å². The zero-order chi connectivity index (χ0) is 10.7. The highest BCUT2D eigenvalue weighted by Gasteiger charge is 2.31. The molecule has 0 aromatic heterocycles. The summed E-state index contributed by atoms with van der Waals surface area (Å²) in [4.78, 5) is 0. The molecule has 84 valence electrons. The molecule has 1 aliphatic carbocycles. The molecule has 0 amide bonds. The van der Waals surface area contributed by atoms with Gasteiger partial charge < -0.3 is 0 Å². The van der Waals surface area contributed by atoms with Crippen molar-refractivity contribution in [2.45, 2.75) is 60.3 Å². The van der Waals surface area contributed by atoms with E-state index in [-0.39, 0.29) is 0 Å². The molecule has 0 aliphatic heterocycles. The van der Waals surface area contributed by atoms with Gasteiger partial charge in [0, 0.05) is 0 Å². The Kier molecular flexibility index (Phi) is 4.47. The molecule has 14 heavy (non-hydrogen) atoms. The third-order valence-corrected chi connectivity index (χ3v) is 4.67. The maximum absolute atomic E-state index is 2.47. The van der Waals surface area contributed by atoms with Crippen LogP contribution in [-0.4, -0.2) is 0 Å². The minimum atomic E-state index is 0.859. The fourth-order valence-electron chi connectivity index (χ4n) is 3.05. The predicted octanol–water partition coefficient (Wildman–Crippen LogP) is 4.74. The Balaban J connectivity index is 2.55. The first kappa shape index (κ1) is 12.1. The van der Waals surface area contributed by atoms with E-state index >= 15 is 0 Å². The average molecular weight is 196 g/mol. The first-order valence-corrected chi connectivity index (χ1v) is 6.56. The Hall–Kier alpha value is 0. The van der Waals surface area contributed by atoms with Crippen molar-refractivity contribution in [3.05, 3.63) is 0 Å². The molecule has 1 aliphatic rings. The van der Waals surface area contributed by atoms with E-state index in [2.05, 4.69) is 34.6 Å². The molecular weight excluding hydrogens is 168 g/mol. The van der Waals surface area contributed by atoms with Crippen LogP contribution in [0.5, 0.6) is 0 Å². The minimum absolute atomic E-state index is 0.859. The summed E-state index contributed by atoms with van der Waals surface area (Å²) in [6, 6.07) is 0. The van der Waals surface area contributed by atoms with Crippen LogP contribution in [0.4, 0.5) is 0 Å². The fourth-order valence-corrected chi connectivity index (χ4v) is 3.05. The zero-order valence-electron chi connectivity index (χ0n) is 10.7. The van der Waals surface area contributed by atoms with Gasteiger partial charge in [-0.1, -0.05) is 53.9 Å². The van der Waals surface area contributed by atoms with Gasteiger partial charge in [-0.05, 0) is 36.0 Å². The van der Waals surface area contributed by atoms with Gasteiger partial charge in [0.2, 0.25) is 0 Å². The van der Waals surface area contributed by atoms with Gasteiger partial charge in [-0.25, -0.2) is 0 Å². The second kappa shape index (κ2) is 5.19. The zero-order valence-corrected chi connectivity index (χ0v) is 10.7. The van der Waals surface area contributed by atoms with Crippen molar-refractivity contribution in [1.82, 2.24) is 0 Å². The minimum Gasteiger partial charge on any atom is -0.0651 e. The van der Waals surface area contributed by atoms with Crippen LogP contribution in [0.1, 0.15) is 60.3 Å². The first-order valence-electron chi connectivity index (χ1n) is 6.56. The molecule has 1 fully saturated rings. The summed E-state index contributed by atoms with van der Waals surface area (Å²) in [5, 5.41) is 0. The third kappa shape index (κ3) is 2.74. The van der Waals surface area contributed by atoms with Gasteiger partial charge in [0.15, 0.2) is 0 Å². The van der Waals surface area contributed by atoms with E-state index in [0.717, 1.165) is 29.6 Å². The van der Waals surface area contributed by atoms with Gasteiger partial charge in [-0.2, -0.15) is 0 Å². The Bertz CT molecular complexity index is 159. The molecule has 0 spiro atoms. The topological polar surface area (TPSA) is 0 Å². The molecule has 4 unspecified atom stereocenters. The average Bonchev–Trinajstić information content (AvgIpc) is 2.17. The van der Waals surface area contributed by atoms with E-state index in [0.29, 0.717) is 0 Å². The SMILES string of the molecule is CCC1CCC(C)C(C(C)C(C)C)C1. The summed E-state index contributed by atoms with van der Waals surface area (Å²) in [5.41, 5.74) is 0. The van der Waals surface area contributed by atoms with Gasteiger partial charge in [-0.15, -0.1) is 0 Å². The van der Waals surface area contributed by atoms with Crippen LogP contribution in [0, 0.1) is 29.6 Å². The molecule has 1 rings (SSSR count). The van der Waals surface area contributed by atoms with E-state index in [9.17, 15) is 0 Å². The number of hydrogen-bond acceptors (Lipinski definition) is 0. The highest BCUT2D eigenvalue weighted by molar-refractivity contribution is 4.81. The summed E-state index contributed by atoms with van der Waals surface area (Å²) < 4.78 is 0. The highest BCUT2D eigenvalue weighted by atomic mass is 14.4. The lowest BCUT2D eigenvalue weighted by atomic mass is 9.67. The number of rotatable bonds is 3. The number of hydrogen-bond donors (Lipinski definition) is 0. The van der Waals surface area contributed by atoms with E-state index in [4.69, 9.17) is 0 Å². The van der Waals surface area contributed by atoms with Crippen molar-refractivity contribution < 1.29 is 0 Å². The summed E-state index contributed by atoms with van der Waals surface area (Å²) in [5.74, 6) is 4.76. The standard InChI is InChI=1S/C14H28/c1-6-13-8-7-11(4)14(9-13)12(5)10(2)3/h10-14H,6-9H2,1-5H3. The Morgan fingerprint density at radius 3 is 2.29 bits per heavy atom. The van der Waals surface area contributed by atoms with Crippen molar-refractivity contribution >= 4 is 0 Å². The second-order valence-corrected chi connectivity index (χ2v) is 5.83. The Morgan fingerprint density at radius 1 is 1.14 bits per heavy atom. The molecule has 4 atom stereocenters. The van der Waals surface area contributed by atoms with Crippen molar-refractivity contribution in [1.29, 1.82) is 0 Å². The van der Waals surface area contributed by atoms with Gasteiger partial charge >= 0.3 is 0 Å². The Labute approximate surface area is 90.5 Å². The largest absolute Gasteiger partial charge is 0.0651 e. The normalized spacial score (nSPS) is 36.0. The molecule has 0 aromatic carbocycles. The second-order valence-electron chi connectivity index (χ2n) is 5.83. The van der Waals surface area contributed by atoms with Gasteiger partial charge in [0.05, 0.1) is 0 Å². The molecule has 0 N–H and O–H groups in total. The summed E-state index contributed by atoms with van der Waals surface area (Å²) in [7, 11) is 0. The van der Waals surface area contributed by atoms with Crippen LogP contribution in [0.2, 0.25) is 0 Å². The molecule has 1 saturated carbocycles. The smallest absolute Gasteiger partial charge is 0.0358 e. The molecule has 0 saturated heterocycles. The predicted molar refractivity (Wildman–Crippen MR) is 64.3 cm³/mol. The molecular formula is C14H28. The summed E-state index contributed by atoms with van der Waals surface area (Å²) in [6.07, 6.45) is 5.85. The molecule has 0 heterocycles. The van der Waals surface area contributed by atoms with E-state index in [1.165, 1.54) is 25.7 Å². The maximum atomic E-state index is 2.47. The quantitative estimate of drug-likeness (QED) is 0.611. The third-order valence-electron chi connectivity index (χ3n) is 4.67. The highest BCUT2D eigenvalue weighted by Crippen LogP contribution is 2.41. The van der Waals surface area contributed by atoms with Crippen molar-refractivity contribution in [2.75, 3.05) is 0 Å². The molecule has 0 nitrogen and oxygen atoms in total. The first-order chi connectivity index (χ1) is 6.56. The van der Waals surface area contributed by atoms with Gasteiger partial charge in [0.25, 0.3) is 0 Å². The van der Waals surface area contributed by atoms with E-state index in [1.54, 1.807) is 0 Å². The lowest BCUT2D eigenvalue weighted by Gasteiger charge is -2.39. The summed E-state index contributed by atoms with van der Waals surface area (Å²) >= 11 is 0. The van der Waals surface area contributed by atoms with Crippen molar-refractivity contribution in [2.24, 2.45) is 29.6 Å². The molecule has 0 radical (unpaired) electrons. The van der Waals surface area contributed by atoms with Gasteiger partial charge in [-0.3, -0.25) is 0 Å². The lowest BCUT2D eigenvalue weighted by Crippen LogP contribution is -2.30. The molecule has 0 aromatic rings. The fraction of sp³-hybridized carbons (Fsp3) is 1.00. The van der Waals surface area contributed by atoms with Crippen molar-refractivity contribution in [3.8, 4) is 0 Å². The van der Waals surface area contributed by atoms with Crippen LogP contribution in [-0.2, 0) is 0 Å². The summed E-state index contributed by atoms with van der Waals surface area (Å²) in [6.45, 7) is 12.1. The maximum Gasteiger partial charge on any atom is -0.0358 e. The van der Waals surface area contributed by atoms with E-state index in [1.807, 2.05) is 0 Å². The lowest BCUT2D eigenvalue weighted by molar-refractivity contribution is 0.112.